The van der Waals surface area contributed by atoms with Gasteiger partial charge < -0.3 is 10.6 Å². The zero-order chi connectivity index (χ0) is 10.8. The number of benzene rings is 1. The highest BCUT2D eigenvalue weighted by Crippen LogP contribution is 2.33. The Labute approximate surface area is 91.8 Å². The van der Waals surface area contributed by atoms with Crippen LogP contribution in [0.3, 0.4) is 0 Å². The predicted octanol–water partition coefficient (Wildman–Crippen LogP) is 3.24. The molecule has 1 heterocycles. The van der Waals surface area contributed by atoms with Crippen molar-refractivity contribution < 1.29 is 4.39 Å². The number of nitrogen functional groups attached to an aromatic ring is 1. The minimum absolute atomic E-state index is 0.300. The number of anilines is 3. The third kappa shape index (κ3) is 1.80. The predicted molar refractivity (Wildman–Crippen MR) is 63.2 cm³/mol. The maximum absolute atomic E-state index is 13.6. The molecule has 0 aliphatic carbocycles. The van der Waals surface area contributed by atoms with Gasteiger partial charge in [0.25, 0.3) is 0 Å². The zero-order valence-electron chi connectivity index (χ0n) is 8.27. The second-order valence-electron chi connectivity index (χ2n) is 3.19. The standard InChI is InChI=1S/C11H11FN2S/c1-14(10-6-3-7-15-10)11-8(12)4-2-5-9(11)13/h2-7H,13H2,1H3. The van der Waals surface area contributed by atoms with E-state index in [0.717, 1.165) is 5.00 Å². The molecular formula is C11H11FN2S. The Morgan fingerprint density at radius 1 is 1.27 bits per heavy atom. The Hall–Kier alpha value is -1.55. The Bertz CT molecular complexity index is 433. The number of hydrogen-bond donors (Lipinski definition) is 1. The maximum atomic E-state index is 13.6. The van der Waals surface area contributed by atoms with Crippen molar-refractivity contribution in [1.82, 2.24) is 0 Å². The first-order valence-corrected chi connectivity index (χ1v) is 5.39. The van der Waals surface area contributed by atoms with Crippen LogP contribution in [0, 0.1) is 5.82 Å². The molecule has 0 fully saturated rings. The van der Waals surface area contributed by atoms with Crippen LogP contribution in [0.2, 0.25) is 0 Å². The van der Waals surface area contributed by atoms with Gasteiger partial charge in [-0.15, -0.1) is 11.3 Å². The minimum Gasteiger partial charge on any atom is -0.397 e. The van der Waals surface area contributed by atoms with E-state index < -0.39 is 0 Å². The van der Waals surface area contributed by atoms with Gasteiger partial charge in [0.05, 0.1) is 10.7 Å². The van der Waals surface area contributed by atoms with E-state index in [0.29, 0.717) is 11.4 Å². The van der Waals surface area contributed by atoms with E-state index in [9.17, 15) is 4.39 Å². The number of para-hydroxylation sites is 1. The summed E-state index contributed by atoms with van der Waals surface area (Å²) >= 11 is 1.55. The summed E-state index contributed by atoms with van der Waals surface area (Å²) in [4.78, 5) is 1.76. The molecule has 1 aromatic carbocycles. The summed E-state index contributed by atoms with van der Waals surface area (Å²) in [5, 5.41) is 2.91. The first-order valence-electron chi connectivity index (χ1n) is 4.51. The van der Waals surface area contributed by atoms with Gasteiger partial charge in [0.1, 0.15) is 11.5 Å². The zero-order valence-corrected chi connectivity index (χ0v) is 9.09. The van der Waals surface area contributed by atoms with E-state index in [-0.39, 0.29) is 5.82 Å². The van der Waals surface area contributed by atoms with Crippen LogP contribution in [0.1, 0.15) is 0 Å². The van der Waals surface area contributed by atoms with Gasteiger partial charge in [0.15, 0.2) is 0 Å². The van der Waals surface area contributed by atoms with Crippen molar-refractivity contribution >= 4 is 27.7 Å². The highest BCUT2D eigenvalue weighted by Gasteiger charge is 2.12. The van der Waals surface area contributed by atoms with Crippen molar-refractivity contribution in [3.63, 3.8) is 0 Å². The Balaban J connectivity index is 2.46. The summed E-state index contributed by atoms with van der Waals surface area (Å²) in [7, 11) is 1.81. The van der Waals surface area contributed by atoms with E-state index in [1.807, 2.05) is 17.5 Å². The molecule has 2 nitrogen and oxygen atoms in total. The molecule has 0 bridgehead atoms. The first kappa shape index (κ1) is 9.98. The smallest absolute Gasteiger partial charge is 0.148 e. The van der Waals surface area contributed by atoms with Gasteiger partial charge in [-0.25, -0.2) is 4.39 Å². The van der Waals surface area contributed by atoms with E-state index in [4.69, 9.17) is 5.73 Å². The number of nitrogens with two attached hydrogens (primary N) is 1. The largest absolute Gasteiger partial charge is 0.397 e. The molecule has 0 saturated carbocycles. The van der Waals surface area contributed by atoms with Crippen molar-refractivity contribution in [2.75, 3.05) is 17.7 Å². The van der Waals surface area contributed by atoms with Crippen LogP contribution in [-0.4, -0.2) is 7.05 Å². The summed E-state index contributed by atoms with van der Waals surface area (Å²) < 4.78 is 13.6. The lowest BCUT2D eigenvalue weighted by Crippen LogP contribution is -2.12. The van der Waals surface area contributed by atoms with Gasteiger partial charge in [-0.1, -0.05) is 6.07 Å². The number of nitrogens with zero attached hydrogens (tertiary/aromatic N) is 1. The molecule has 4 heteroatoms. The van der Waals surface area contributed by atoms with Crippen LogP contribution in [0.4, 0.5) is 20.8 Å². The van der Waals surface area contributed by atoms with Crippen molar-refractivity contribution in [1.29, 1.82) is 0 Å². The normalized spacial score (nSPS) is 10.3. The summed E-state index contributed by atoms with van der Waals surface area (Å²) in [6.45, 7) is 0. The summed E-state index contributed by atoms with van der Waals surface area (Å²) in [5.74, 6) is -0.300. The molecule has 15 heavy (non-hydrogen) atoms. The molecule has 2 aromatic rings. The molecule has 0 saturated heterocycles. The summed E-state index contributed by atoms with van der Waals surface area (Å²) in [6.07, 6.45) is 0. The average molecular weight is 222 g/mol. The van der Waals surface area contributed by atoms with Crippen LogP contribution < -0.4 is 10.6 Å². The summed E-state index contributed by atoms with van der Waals surface area (Å²) in [5.41, 5.74) is 6.63. The SMILES string of the molecule is CN(c1cccs1)c1c(N)cccc1F. The number of rotatable bonds is 2. The van der Waals surface area contributed by atoms with Crippen LogP contribution >= 0.6 is 11.3 Å². The number of halogens is 1. The molecule has 0 atom stereocenters. The number of hydrogen-bond acceptors (Lipinski definition) is 3. The molecule has 0 radical (unpaired) electrons. The number of thiophene rings is 1. The lowest BCUT2D eigenvalue weighted by molar-refractivity contribution is 0.628. The fourth-order valence-corrected chi connectivity index (χ4v) is 2.16. The first-order chi connectivity index (χ1) is 7.20. The Kier molecular flexibility index (Phi) is 2.60. The summed E-state index contributed by atoms with van der Waals surface area (Å²) in [6, 6.07) is 8.57. The molecule has 0 aliphatic heterocycles. The van der Waals surface area contributed by atoms with Gasteiger partial charge in [-0.2, -0.15) is 0 Å². The monoisotopic (exact) mass is 222 g/mol. The van der Waals surface area contributed by atoms with E-state index >= 15 is 0 Å². The van der Waals surface area contributed by atoms with Crippen LogP contribution in [0.25, 0.3) is 0 Å². The van der Waals surface area contributed by atoms with Crippen molar-refractivity contribution in [3.05, 3.63) is 41.5 Å². The van der Waals surface area contributed by atoms with Crippen LogP contribution in [0.5, 0.6) is 0 Å². The fourth-order valence-electron chi connectivity index (χ4n) is 1.46. The minimum atomic E-state index is -0.300. The van der Waals surface area contributed by atoms with Crippen molar-refractivity contribution in [2.24, 2.45) is 0 Å². The molecule has 0 amide bonds. The van der Waals surface area contributed by atoms with Gasteiger partial charge in [0, 0.05) is 7.05 Å². The maximum Gasteiger partial charge on any atom is 0.148 e. The van der Waals surface area contributed by atoms with Crippen molar-refractivity contribution in [2.45, 2.75) is 0 Å². The molecule has 78 valence electrons. The molecule has 0 aliphatic rings. The highest BCUT2D eigenvalue weighted by molar-refractivity contribution is 7.14. The third-order valence-corrected chi connectivity index (χ3v) is 3.13. The highest BCUT2D eigenvalue weighted by atomic mass is 32.1. The molecule has 1 aromatic heterocycles. The molecular weight excluding hydrogens is 211 g/mol. The van der Waals surface area contributed by atoms with Gasteiger partial charge >= 0.3 is 0 Å². The molecule has 0 spiro atoms. The lowest BCUT2D eigenvalue weighted by Gasteiger charge is -2.19. The van der Waals surface area contributed by atoms with E-state index in [2.05, 4.69) is 0 Å². The van der Waals surface area contributed by atoms with Gasteiger partial charge in [0.2, 0.25) is 0 Å². The molecule has 0 unspecified atom stereocenters. The average Bonchev–Trinajstić information content (AvgIpc) is 2.69. The lowest BCUT2D eigenvalue weighted by atomic mass is 10.2. The van der Waals surface area contributed by atoms with E-state index in [1.54, 1.807) is 35.4 Å². The molecule has 2 rings (SSSR count). The quantitative estimate of drug-likeness (QED) is 0.790. The van der Waals surface area contributed by atoms with Crippen LogP contribution in [0.15, 0.2) is 35.7 Å². The van der Waals surface area contributed by atoms with E-state index in [1.165, 1.54) is 6.07 Å². The van der Waals surface area contributed by atoms with Crippen molar-refractivity contribution in [3.8, 4) is 0 Å². The Morgan fingerprint density at radius 2 is 2.07 bits per heavy atom. The molecule has 2 N–H and O–H groups in total. The second-order valence-corrected chi connectivity index (χ2v) is 4.11. The topological polar surface area (TPSA) is 29.3 Å². The third-order valence-electron chi connectivity index (χ3n) is 2.19. The Morgan fingerprint density at radius 3 is 2.67 bits per heavy atom. The van der Waals surface area contributed by atoms with Gasteiger partial charge in [-0.3, -0.25) is 0 Å². The van der Waals surface area contributed by atoms with Gasteiger partial charge in [-0.05, 0) is 29.6 Å². The van der Waals surface area contributed by atoms with Crippen LogP contribution in [-0.2, 0) is 0 Å². The second kappa shape index (κ2) is 3.90. The fraction of sp³-hybridized carbons (Fsp3) is 0.0909.